The fraction of sp³-hybridized carbons (Fsp3) is 0.421. The normalized spacial score (nSPS) is 10.7. The molecule has 2 rings (SSSR count). The molecular weight excluding hydrogens is 364 g/mol. The van der Waals surface area contributed by atoms with E-state index < -0.39 is 0 Å². The Labute approximate surface area is 163 Å². The summed E-state index contributed by atoms with van der Waals surface area (Å²) in [6.45, 7) is 6.39. The molecule has 3 N–H and O–H groups in total. The van der Waals surface area contributed by atoms with Crippen LogP contribution in [0.3, 0.4) is 0 Å². The van der Waals surface area contributed by atoms with E-state index in [2.05, 4.69) is 15.6 Å². The molecule has 0 spiro atoms. The number of thioether (sulfide) groups is 1. The Morgan fingerprint density at radius 3 is 2.74 bits per heavy atom. The van der Waals surface area contributed by atoms with E-state index >= 15 is 0 Å². The molecule has 7 nitrogen and oxygen atoms in total. The standard InChI is InChI=1S/C19H26N4O3S/c1-4-8-20-17(25)10-23-15(11-24)9-21-19(23)27-12-18(26)22-16-7-5-6-13(2)14(16)3/h5-7,9,24H,4,8,10-12H2,1-3H3,(H,20,25)(H,22,26). The predicted octanol–water partition coefficient (Wildman–Crippen LogP) is 2.25. The molecule has 1 heterocycles. The van der Waals surface area contributed by atoms with Gasteiger partial charge in [-0.1, -0.05) is 30.8 Å². The number of hydrogen-bond donors (Lipinski definition) is 3. The molecule has 0 saturated heterocycles. The van der Waals surface area contributed by atoms with Crippen molar-refractivity contribution in [2.24, 2.45) is 0 Å². The van der Waals surface area contributed by atoms with Gasteiger partial charge < -0.3 is 20.3 Å². The van der Waals surface area contributed by atoms with Crippen molar-refractivity contribution in [1.29, 1.82) is 0 Å². The van der Waals surface area contributed by atoms with Crippen LogP contribution >= 0.6 is 11.8 Å². The number of nitrogens with one attached hydrogen (secondary N) is 2. The summed E-state index contributed by atoms with van der Waals surface area (Å²) in [5.41, 5.74) is 3.48. The summed E-state index contributed by atoms with van der Waals surface area (Å²) in [4.78, 5) is 28.5. The summed E-state index contributed by atoms with van der Waals surface area (Å²) in [6.07, 6.45) is 2.38. The van der Waals surface area contributed by atoms with Crippen molar-refractivity contribution in [3.8, 4) is 0 Å². The minimum atomic E-state index is -0.219. The summed E-state index contributed by atoms with van der Waals surface area (Å²) < 4.78 is 1.64. The van der Waals surface area contributed by atoms with Gasteiger partial charge in [-0.2, -0.15) is 0 Å². The first kappa shape index (κ1) is 21.0. The van der Waals surface area contributed by atoms with Gasteiger partial charge in [0.2, 0.25) is 11.8 Å². The van der Waals surface area contributed by atoms with E-state index in [1.807, 2.05) is 39.0 Å². The van der Waals surface area contributed by atoms with E-state index in [9.17, 15) is 14.7 Å². The molecule has 0 aliphatic carbocycles. The molecule has 0 aliphatic heterocycles. The van der Waals surface area contributed by atoms with Gasteiger partial charge in [0.15, 0.2) is 5.16 Å². The Morgan fingerprint density at radius 2 is 2.04 bits per heavy atom. The van der Waals surface area contributed by atoms with Crippen molar-refractivity contribution in [3.05, 3.63) is 41.2 Å². The van der Waals surface area contributed by atoms with Crippen LogP contribution in [0.5, 0.6) is 0 Å². The van der Waals surface area contributed by atoms with Crippen molar-refractivity contribution < 1.29 is 14.7 Å². The number of aliphatic hydroxyl groups is 1. The van der Waals surface area contributed by atoms with Gasteiger partial charge in [-0.15, -0.1) is 0 Å². The zero-order valence-electron chi connectivity index (χ0n) is 15.9. The molecule has 146 valence electrons. The highest BCUT2D eigenvalue weighted by atomic mass is 32.2. The number of carbonyl (C=O) groups excluding carboxylic acids is 2. The van der Waals surface area contributed by atoms with Gasteiger partial charge in [0.25, 0.3) is 0 Å². The maximum atomic E-state index is 12.3. The lowest BCUT2D eigenvalue weighted by molar-refractivity contribution is -0.121. The summed E-state index contributed by atoms with van der Waals surface area (Å²) in [6, 6.07) is 5.77. The van der Waals surface area contributed by atoms with E-state index in [4.69, 9.17) is 0 Å². The highest BCUT2D eigenvalue weighted by molar-refractivity contribution is 7.99. The second-order valence-corrected chi connectivity index (χ2v) is 7.15. The van der Waals surface area contributed by atoms with Crippen LogP contribution in [-0.4, -0.2) is 38.8 Å². The monoisotopic (exact) mass is 390 g/mol. The van der Waals surface area contributed by atoms with Crippen LogP contribution in [0.15, 0.2) is 29.6 Å². The minimum Gasteiger partial charge on any atom is -0.390 e. The highest BCUT2D eigenvalue weighted by Gasteiger charge is 2.15. The topological polar surface area (TPSA) is 96.2 Å². The number of amides is 2. The third-order valence-corrected chi connectivity index (χ3v) is 5.14. The van der Waals surface area contributed by atoms with E-state index in [-0.39, 0.29) is 30.7 Å². The number of nitrogens with zero attached hydrogens (tertiary/aromatic N) is 2. The van der Waals surface area contributed by atoms with Crippen molar-refractivity contribution in [2.75, 3.05) is 17.6 Å². The quantitative estimate of drug-likeness (QED) is 0.571. The number of anilines is 1. The van der Waals surface area contributed by atoms with E-state index in [1.54, 1.807) is 4.57 Å². The highest BCUT2D eigenvalue weighted by Crippen LogP contribution is 2.21. The molecule has 2 aromatic rings. The Balaban J connectivity index is 2.00. The first-order valence-corrected chi connectivity index (χ1v) is 9.85. The van der Waals surface area contributed by atoms with Gasteiger partial charge in [-0.05, 0) is 37.5 Å². The maximum Gasteiger partial charge on any atom is 0.240 e. The minimum absolute atomic E-state index is 0.0663. The molecule has 0 saturated carbocycles. The lowest BCUT2D eigenvalue weighted by atomic mass is 10.1. The number of hydrogen-bond acceptors (Lipinski definition) is 5. The molecule has 1 aromatic heterocycles. The van der Waals surface area contributed by atoms with Crippen LogP contribution < -0.4 is 10.6 Å². The molecule has 0 fully saturated rings. The number of benzene rings is 1. The van der Waals surface area contributed by atoms with Crippen molar-refractivity contribution in [3.63, 3.8) is 0 Å². The van der Waals surface area contributed by atoms with Crippen LogP contribution in [0.25, 0.3) is 0 Å². The second kappa shape index (κ2) is 10.1. The van der Waals surface area contributed by atoms with E-state index in [0.717, 1.165) is 23.2 Å². The third kappa shape index (κ3) is 5.83. The summed E-state index contributed by atoms with van der Waals surface area (Å²) in [7, 11) is 0. The van der Waals surface area contributed by atoms with Crippen molar-refractivity contribution in [1.82, 2.24) is 14.9 Å². The van der Waals surface area contributed by atoms with Crippen LogP contribution in [0.1, 0.15) is 30.2 Å². The van der Waals surface area contributed by atoms with E-state index in [0.29, 0.717) is 17.4 Å². The summed E-state index contributed by atoms with van der Waals surface area (Å²) in [5.74, 6) is -0.137. The second-order valence-electron chi connectivity index (χ2n) is 6.21. The van der Waals surface area contributed by atoms with Crippen LogP contribution in [0.2, 0.25) is 0 Å². The molecule has 0 radical (unpaired) electrons. The molecule has 0 unspecified atom stereocenters. The first-order valence-electron chi connectivity index (χ1n) is 8.87. The molecule has 0 aliphatic rings. The number of aryl methyl sites for hydroxylation is 1. The Bertz CT molecular complexity index is 804. The number of rotatable bonds is 9. The summed E-state index contributed by atoms with van der Waals surface area (Å²) in [5, 5.41) is 15.7. The van der Waals surface area contributed by atoms with Gasteiger partial charge in [0.1, 0.15) is 6.54 Å². The molecule has 2 amide bonds. The lowest BCUT2D eigenvalue weighted by Crippen LogP contribution is -2.29. The Hall–Kier alpha value is -2.32. The Morgan fingerprint density at radius 1 is 1.26 bits per heavy atom. The number of carbonyl (C=O) groups is 2. The average molecular weight is 391 g/mol. The largest absolute Gasteiger partial charge is 0.390 e. The molecule has 0 bridgehead atoms. The van der Waals surface area contributed by atoms with Gasteiger partial charge in [-0.25, -0.2) is 4.98 Å². The van der Waals surface area contributed by atoms with Gasteiger partial charge in [0.05, 0.1) is 24.3 Å². The smallest absolute Gasteiger partial charge is 0.240 e. The number of imidazole rings is 1. The zero-order chi connectivity index (χ0) is 19.8. The number of aromatic nitrogens is 2. The number of aliphatic hydroxyl groups excluding tert-OH is 1. The fourth-order valence-electron chi connectivity index (χ4n) is 2.47. The van der Waals surface area contributed by atoms with Crippen molar-refractivity contribution in [2.45, 2.75) is 45.5 Å². The SMILES string of the molecule is CCCNC(=O)Cn1c(CO)cnc1SCC(=O)Nc1cccc(C)c1C. The average Bonchev–Trinajstić information content (AvgIpc) is 3.03. The molecule has 27 heavy (non-hydrogen) atoms. The van der Waals surface area contributed by atoms with Crippen molar-refractivity contribution >= 4 is 29.3 Å². The van der Waals surface area contributed by atoms with Gasteiger partial charge >= 0.3 is 0 Å². The molecule has 0 atom stereocenters. The van der Waals surface area contributed by atoms with Crippen LogP contribution in [-0.2, 0) is 22.7 Å². The van der Waals surface area contributed by atoms with E-state index in [1.165, 1.54) is 18.0 Å². The zero-order valence-corrected chi connectivity index (χ0v) is 16.7. The maximum absolute atomic E-state index is 12.3. The molecular formula is C19H26N4O3S. The van der Waals surface area contributed by atoms with Crippen LogP contribution in [0, 0.1) is 13.8 Å². The van der Waals surface area contributed by atoms with Gasteiger partial charge in [-0.3, -0.25) is 9.59 Å². The lowest BCUT2D eigenvalue weighted by Gasteiger charge is -2.12. The third-order valence-electron chi connectivity index (χ3n) is 4.15. The first-order chi connectivity index (χ1) is 13.0. The Kier molecular flexibility index (Phi) is 7.87. The fourth-order valence-corrected chi connectivity index (χ4v) is 3.27. The predicted molar refractivity (Wildman–Crippen MR) is 107 cm³/mol. The molecule has 1 aromatic carbocycles. The van der Waals surface area contributed by atoms with Crippen LogP contribution in [0.4, 0.5) is 5.69 Å². The van der Waals surface area contributed by atoms with Gasteiger partial charge in [0, 0.05) is 12.2 Å². The summed E-state index contributed by atoms with van der Waals surface area (Å²) >= 11 is 1.24. The molecule has 8 heteroatoms.